The van der Waals surface area contributed by atoms with E-state index >= 15 is 0 Å². The zero-order valence-electron chi connectivity index (χ0n) is 11.5. The standard InChI is InChI=1S/C15H14F2N4/c1-8-4-9(7-18-20-8)15-19-13-5-11(16)12(17)6-14(13)21(15)10-2-3-10/h4-7,10,18,20H,2-3H2,1H3. The number of nitrogens with one attached hydrogen (secondary N) is 2. The number of hydrogen-bond acceptors (Lipinski definition) is 3. The van der Waals surface area contributed by atoms with Gasteiger partial charge in [0.15, 0.2) is 11.6 Å². The van der Waals surface area contributed by atoms with Gasteiger partial charge in [-0.25, -0.2) is 13.8 Å². The van der Waals surface area contributed by atoms with E-state index in [4.69, 9.17) is 0 Å². The minimum absolute atomic E-state index is 0.319. The summed E-state index contributed by atoms with van der Waals surface area (Å²) in [6.07, 6.45) is 5.85. The zero-order valence-corrected chi connectivity index (χ0v) is 11.5. The number of halogens is 2. The van der Waals surface area contributed by atoms with E-state index in [0.29, 0.717) is 17.1 Å². The van der Waals surface area contributed by atoms with Crippen LogP contribution in [-0.4, -0.2) is 9.55 Å². The van der Waals surface area contributed by atoms with Crippen LogP contribution in [0.4, 0.5) is 8.78 Å². The van der Waals surface area contributed by atoms with Crippen LogP contribution in [-0.2, 0) is 0 Å². The van der Waals surface area contributed by atoms with Gasteiger partial charge in [-0.15, -0.1) is 0 Å². The van der Waals surface area contributed by atoms with Crippen LogP contribution in [0.3, 0.4) is 0 Å². The summed E-state index contributed by atoms with van der Waals surface area (Å²) in [6.45, 7) is 1.93. The molecule has 0 saturated heterocycles. The predicted molar refractivity (Wildman–Crippen MR) is 75.9 cm³/mol. The highest BCUT2D eigenvalue weighted by atomic mass is 19.2. The smallest absolute Gasteiger partial charge is 0.161 e. The van der Waals surface area contributed by atoms with E-state index in [-0.39, 0.29) is 0 Å². The summed E-state index contributed by atoms with van der Waals surface area (Å²) in [4.78, 5) is 4.51. The predicted octanol–water partition coefficient (Wildman–Crippen LogP) is 3.00. The second kappa shape index (κ2) is 4.31. The Morgan fingerprint density at radius 3 is 2.71 bits per heavy atom. The summed E-state index contributed by atoms with van der Waals surface area (Å²) >= 11 is 0. The van der Waals surface area contributed by atoms with Crippen LogP contribution in [0.25, 0.3) is 16.6 Å². The molecule has 1 aliphatic heterocycles. The van der Waals surface area contributed by atoms with E-state index in [9.17, 15) is 8.78 Å². The molecule has 1 aliphatic carbocycles. The second-order valence-corrected chi connectivity index (χ2v) is 5.49. The Morgan fingerprint density at radius 1 is 1.24 bits per heavy atom. The summed E-state index contributed by atoms with van der Waals surface area (Å²) < 4.78 is 29.0. The van der Waals surface area contributed by atoms with Crippen molar-refractivity contribution >= 4 is 16.6 Å². The average molecular weight is 288 g/mol. The number of hydrazine groups is 1. The molecule has 1 fully saturated rings. The number of rotatable bonds is 2. The van der Waals surface area contributed by atoms with Gasteiger partial charge in [-0.05, 0) is 25.8 Å². The number of allylic oxidation sites excluding steroid dienone is 3. The highest BCUT2D eigenvalue weighted by Crippen LogP contribution is 2.40. The summed E-state index contributed by atoms with van der Waals surface area (Å²) in [5.74, 6) is -0.954. The van der Waals surface area contributed by atoms with Gasteiger partial charge in [0.2, 0.25) is 0 Å². The summed E-state index contributed by atoms with van der Waals surface area (Å²) in [5, 5.41) is 0. The monoisotopic (exact) mass is 288 g/mol. The fourth-order valence-electron chi connectivity index (χ4n) is 2.66. The minimum atomic E-state index is -0.862. The van der Waals surface area contributed by atoms with Crippen LogP contribution in [0.1, 0.15) is 31.6 Å². The molecule has 1 aromatic carbocycles. The van der Waals surface area contributed by atoms with Crippen LogP contribution < -0.4 is 10.9 Å². The van der Waals surface area contributed by atoms with Gasteiger partial charge in [0.1, 0.15) is 5.82 Å². The highest BCUT2D eigenvalue weighted by Gasteiger charge is 2.30. The first-order valence-electron chi connectivity index (χ1n) is 6.91. The average Bonchev–Trinajstić information content (AvgIpc) is 3.22. The van der Waals surface area contributed by atoms with E-state index in [1.54, 1.807) is 6.20 Å². The molecule has 1 aromatic heterocycles. The molecule has 1 saturated carbocycles. The first-order chi connectivity index (χ1) is 10.1. The Labute approximate surface area is 120 Å². The van der Waals surface area contributed by atoms with Crippen molar-refractivity contribution in [1.82, 2.24) is 20.4 Å². The molecule has 2 aromatic rings. The third kappa shape index (κ3) is 1.98. The number of aromatic nitrogens is 2. The molecule has 2 N–H and O–H groups in total. The number of nitrogens with zero attached hydrogens (tertiary/aromatic N) is 2. The lowest BCUT2D eigenvalue weighted by atomic mass is 10.2. The van der Waals surface area contributed by atoms with Crippen molar-refractivity contribution in [2.45, 2.75) is 25.8 Å². The molecule has 0 bridgehead atoms. The van der Waals surface area contributed by atoms with Gasteiger partial charge in [0, 0.05) is 35.6 Å². The molecular weight excluding hydrogens is 274 g/mol. The number of imidazole rings is 1. The molecule has 21 heavy (non-hydrogen) atoms. The first kappa shape index (κ1) is 12.4. The topological polar surface area (TPSA) is 41.9 Å². The Balaban J connectivity index is 1.96. The Bertz CT molecular complexity index is 800. The Hall–Kier alpha value is -2.37. The lowest BCUT2D eigenvalue weighted by Crippen LogP contribution is -2.28. The maximum atomic E-state index is 13.6. The van der Waals surface area contributed by atoms with Gasteiger partial charge in [0.25, 0.3) is 0 Å². The Kier molecular flexibility index (Phi) is 2.54. The van der Waals surface area contributed by atoms with E-state index < -0.39 is 11.6 Å². The van der Waals surface area contributed by atoms with Gasteiger partial charge in [-0.3, -0.25) is 0 Å². The van der Waals surface area contributed by atoms with Crippen molar-refractivity contribution in [1.29, 1.82) is 0 Å². The van der Waals surface area contributed by atoms with Gasteiger partial charge in [-0.2, -0.15) is 0 Å². The molecule has 108 valence electrons. The summed E-state index contributed by atoms with van der Waals surface area (Å²) in [6, 6.07) is 2.73. The fraction of sp³-hybridized carbons (Fsp3) is 0.267. The maximum absolute atomic E-state index is 13.6. The first-order valence-corrected chi connectivity index (χ1v) is 6.91. The zero-order chi connectivity index (χ0) is 14.6. The molecule has 0 spiro atoms. The van der Waals surface area contributed by atoms with Gasteiger partial charge in [0.05, 0.1) is 11.0 Å². The maximum Gasteiger partial charge on any atom is 0.161 e. The van der Waals surface area contributed by atoms with Crippen molar-refractivity contribution in [3.05, 3.63) is 47.6 Å². The molecule has 2 aliphatic rings. The quantitative estimate of drug-likeness (QED) is 0.892. The van der Waals surface area contributed by atoms with E-state index in [2.05, 4.69) is 15.8 Å². The molecular formula is C15H14F2N4. The Morgan fingerprint density at radius 2 is 2.00 bits per heavy atom. The third-order valence-electron chi connectivity index (χ3n) is 3.77. The highest BCUT2D eigenvalue weighted by molar-refractivity contribution is 5.83. The van der Waals surface area contributed by atoms with Crippen molar-refractivity contribution in [2.75, 3.05) is 0 Å². The lowest BCUT2D eigenvalue weighted by molar-refractivity contribution is 0.510. The largest absolute Gasteiger partial charge is 0.321 e. The van der Waals surface area contributed by atoms with Crippen molar-refractivity contribution in [3.8, 4) is 0 Å². The summed E-state index contributed by atoms with van der Waals surface area (Å²) in [5.41, 5.74) is 8.92. The normalized spacial score (nSPS) is 18.0. The van der Waals surface area contributed by atoms with E-state index in [1.807, 2.05) is 17.6 Å². The molecule has 2 heterocycles. The van der Waals surface area contributed by atoms with E-state index in [1.165, 1.54) is 12.1 Å². The number of benzene rings is 1. The third-order valence-corrected chi connectivity index (χ3v) is 3.77. The van der Waals surface area contributed by atoms with Crippen molar-refractivity contribution < 1.29 is 8.78 Å². The molecule has 0 radical (unpaired) electrons. The number of fused-ring (bicyclic) bond motifs is 1. The molecule has 0 atom stereocenters. The van der Waals surface area contributed by atoms with Gasteiger partial charge >= 0.3 is 0 Å². The molecule has 0 amide bonds. The van der Waals surface area contributed by atoms with Crippen molar-refractivity contribution in [2.24, 2.45) is 0 Å². The van der Waals surface area contributed by atoms with Crippen molar-refractivity contribution in [3.63, 3.8) is 0 Å². The summed E-state index contributed by atoms with van der Waals surface area (Å²) in [7, 11) is 0. The van der Waals surface area contributed by atoms with Crippen LogP contribution in [0.15, 0.2) is 30.1 Å². The van der Waals surface area contributed by atoms with Gasteiger partial charge in [-0.1, -0.05) is 0 Å². The lowest BCUT2D eigenvalue weighted by Gasteiger charge is -2.15. The van der Waals surface area contributed by atoms with Crippen LogP contribution in [0, 0.1) is 11.6 Å². The molecule has 4 nitrogen and oxygen atoms in total. The molecule has 4 rings (SSSR count). The van der Waals surface area contributed by atoms with Crippen LogP contribution in [0.2, 0.25) is 0 Å². The molecule has 0 unspecified atom stereocenters. The van der Waals surface area contributed by atoms with Crippen LogP contribution in [0.5, 0.6) is 0 Å². The van der Waals surface area contributed by atoms with Crippen LogP contribution >= 0.6 is 0 Å². The minimum Gasteiger partial charge on any atom is -0.321 e. The molecule has 6 heteroatoms. The SMILES string of the molecule is CC1=CC(c2nc3cc(F)c(F)cc3n2C2CC2)=CNN1. The fourth-order valence-corrected chi connectivity index (χ4v) is 2.66. The number of hydrogen-bond donors (Lipinski definition) is 2. The van der Waals surface area contributed by atoms with E-state index in [0.717, 1.165) is 29.9 Å². The van der Waals surface area contributed by atoms with Gasteiger partial charge < -0.3 is 15.4 Å². The second-order valence-electron chi connectivity index (χ2n) is 5.49.